The van der Waals surface area contributed by atoms with E-state index in [0.717, 1.165) is 41.7 Å². The Kier molecular flexibility index (Phi) is 5.58. The van der Waals surface area contributed by atoms with Crippen LogP contribution in [0.5, 0.6) is 0 Å². The van der Waals surface area contributed by atoms with Gasteiger partial charge in [0.15, 0.2) is 0 Å². The van der Waals surface area contributed by atoms with Crippen molar-refractivity contribution < 1.29 is 4.42 Å². The summed E-state index contributed by atoms with van der Waals surface area (Å²) in [6.45, 7) is 2.84. The van der Waals surface area contributed by atoms with Crippen molar-refractivity contribution in [2.24, 2.45) is 0 Å². The smallest absolute Gasteiger partial charge is 0.286 e. The van der Waals surface area contributed by atoms with Crippen molar-refractivity contribution in [1.82, 2.24) is 20.2 Å². The number of rotatable bonds is 7. The maximum Gasteiger partial charge on any atom is 0.286 e. The van der Waals surface area contributed by atoms with Crippen molar-refractivity contribution in [2.45, 2.75) is 19.8 Å². The molecule has 158 valence electrons. The maximum absolute atomic E-state index is 5.91. The highest BCUT2D eigenvalue weighted by Gasteiger charge is 2.16. The molecule has 2 aromatic heterocycles. The number of hydrogen-bond acceptors (Lipinski definition) is 6. The molecule has 5 aromatic rings. The second-order valence-electron chi connectivity index (χ2n) is 7.71. The summed E-state index contributed by atoms with van der Waals surface area (Å²) in [7, 11) is 0. The highest BCUT2D eigenvalue weighted by molar-refractivity contribution is 5.90. The second-order valence-corrected chi connectivity index (χ2v) is 7.71. The molecule has 0 saturated heterocycles. The van der Waals surface area contributed by atoms with E-state index in [9.17, 15) is 0 Å². The molecule has 32 heavy (non-hydrogen) atoms. The number of nitrogens with one attached hydrogen (secondary N) is 1. The molecule has 0 unspecified atom stereocenters. The van der Waals surface area contributed by atoms with Gasteiger partial charge in [-0.15, -0.1) is 10.2 Å². The van der Waals surface area contributed by atoms with Crippen LogP contribution in [0.25, 0.3) is 34.1 Å². The Morgan fingerprint density at radius 2 is 1.53 bits per heavy atom. The van der Waals surface area contributed by atoms with Crippen LogP contribution in [-0.4, -0.2) is 26.7 Å². The van der Waals surface area contributed by atoms with E-state index < -0.39 is 0 Å². The lowest BCUT2D eigenvalue weighted by atomic mass is 10.1. The van der Waals surface area contributed by atoms with Crippen LogP contribution < -0.4 is 5.32 Å². The molecule has 6 nitrogen and oxygen atoms in total. The van der Waals surface area contributed by atoms with Gasteiger partial charge in [-0.2, -0.15) is 0 Å². The summed E-state index contributed by atoms with van der Waals surface area (Å²) >= 11 is 0. The molecule has 0 aliphatic heterocycles. The standard InChI is InChI=1S/C26H23N5O/c1-18-13-15-20(16-14-18)25-30-31-26(32-25)24-28-22-12-6-5-11-21(22)23(29-24)27-17-7-10-19-8-3-2-4-9-19/h2-6,8-9,11-16H,7,10,17H2,1H3,(H,27,28,29). The Bertz CT molecular complexity index is 1330. The average molecular weight is 422 g/mol. The molecule has 1 N–H and O–H groups in total. The van der Waals surface area contributed by atoms with Gasteiger partial charge in [0, 0.05) is 17.5 Å². The van der Waals surface area contributed by atoms with Crippen LogP contribution in [0, 0.1) is 6.92 Å². The SMILES string of the molecule is Cc1ccc(-c2nnc(-c3nc(NCCCc4ccccc4)c4ccccc4n3)o2)cc1. The number of fused-ring (bicyclic) bond motifs is 1. The fourth-order valence-electron chi connectivity index (χ4n) is 3.58. The topological polar surface area (TPSA) is 76.7 Å². The Labute approximate surface area is 186 Å². The van der Waals surface area contributed by atoms with Crippen LogP contribution in [0.15, 0.2) is 83.3 Å². The molecule has 6 heteroatoms. The Morgan fingerprint density at radius 3 is 2.38 bits per heavy atom. The largest absolute Gasteiger partial charge is 0.413 e. The fraction of sp³-hybridized carbons (Fsp3) is 0.154. The summed E-state index contributed by atoms with van der Waals surface area (Å²) < 4.78 is 5.91. The van der Waals surface area contributed by atoms with Crippen LogP contribution in [0.3, 0.4) is 0 Å². The summed E-state index contributed by atoms with van der Waals surface area (Å²) in [5.41, 5.74) is 4.21. The van der Waals surface area contributed by atoms with Gasteiger partial charge < -0.3 is 9.73 Å². The van der Waals surface area contributed by atoms with E-state index in [1.54, 1.807) is 0 Å². The van der Waals surface area contributed by atoms with E-state index in [1.165, 1.54) is 11.1 Å². The predicted octanol–water partition coefficient (Wildman–Crippen LogP) is 5.70. The molecule has 0 amide bonds. The zero-order chi connectivity index (χ0) is 21.8. The van der Waals surface area contributed by atoms with Gasteiger partial charge in [0.25, 0.3) is 5.89 Å². The minimum absolute atomic E-state index is 0.304. The van der Waals surface area contributed by atoms with Gasteiger partial charge in [0.2, 0.25) is 11.7 Å². The molecule has 0 aliphatic carbocycles. The van der Waals surface area contributed by atoms with E-state index in [0.29, 0.717) is 17.6 Å². The average Bonchev–Trinajstić information content (AvgIpc) is 3.33. The van der Waals surface area contributed by atoms with Crippen LogP contribution in [0.1, 0.15) is 17.5 Å². The molecule has 5 rings (SSSR count). The fourth-order valence-corrected chi connectivity index (χ4v) is 3.58. The minimum atomic E-state index is 0.304. The van der Waals surface area contributed by atoms with Crippen LogP contribution in [0.2, 0.25) is 0 Å². The van der Waals surface area contributed by atoms with E-state index >= 15 is 0 Å². The first-order valence-electron chi connectivity index (χ1n) is 10.7. The molecular weight excluding hydrogens is 398 g/mol. The highest BCUT2D eigenvalue weighted by Crippen LogP contribution is 2.26. The third-order valence-corrected chi connectivity index (χ3v) is 5.30. The van der Waals surface area contributed by atoms with Gasteiger partial charge in [-0.3, -0.25) is 0 Å². The van der Waals surface area contributed by atoms with Crippen molar-refractivity contribution in [2.75, 3.05) is 11.9 Å². The maximum atomic E-state index is 5.91. The number of benzene rings is 3. The molecule has 3 aromatic carbocycles. The number of nitrogens with zero attached hydrogens (tertiary/aromatic N) is 4. The number of aromatic nitrogens is 4. The third kappa shape index (κ3) is 4.34. The molecule has 0 radical (unpaired) electrons. The van der Waals surface area contributed by atoms with Gasteiger partial charge >= 0.3 is 0 Å². The predicted molar refractivity (Wildman–Crippen MR) is 126 cm³/mol. The second kappa shape index (κ2) is 8.98. The van der Waals surface area contributed by atoms with Gasteiger partial charge in [0.1, 0.15) is 5.82 Å². The van der Waals surface area contributed by atoms with Crippen molar-refractivity contribution in [3.8, 4) is 23.2 Å². The molecule has 0 atom stereocenters. The first-order chi connectivity index (χ1) is 15.8. The van der Waals surface area contributed by atoms with Crippen molar-refractivity contribution in [3.63, 3.8) is 0 Å². The monoisotopic (exact) mass is 421 g/mol. The zero-order valence-electron chi connectivity index (χ0n) is 17.8. The van der Waals surface area contributed by atoms with Crippen molar-refractivity contribution >= 4 is 16.7 Å². The van der Waals surface area contributed by atoms with E-state index in [1.807, 2.05) is 61.5 Å². The first-order valence-corrected chi connectivity index (χ1v) is 10.7. The number of hydrogen-bond donors (Lipinski definition) is 1. The quantitative estimate of drug-likeness (QED) is 0.340. The summed E-state index contributed by atoms with van der Waals surface area (Å²) in [6.07, 6.45) is 2.00. The molecule has 0 saturated carbocycles. The summed E-state index contributed by atoms with van der Waals surface area (Å²) in [6, 6.07) is 26.4. The molecule has 0 aliphatic rings. The van der Waals surface area contributed by atoms with Crippen molar-refractivity contribution in [1.29, 1.82) is 0 Å². The molecule has 0 fully saturated rings. The highest BCUT2D eigenvalue weighted by atomic mass is 16.4. The Morgan fingerprint density at radius 1 is 0.781 bits per heavy atom. The Hall–Kier alpha value is -4.06. The van der Waals surface area contributed by atoms with Gasteiger partial charge in [-0.25, -0.2) is 9.97 Å². The molecule has 0 bridgehead atoms. The van der Waals surface area contributed by atoms with Crippen LogP contribution in [-0.2, 0) is 6.42 Å². The summed E-state index contributed by atoms with van der Waals surface area (Å²) in [5, 5.41) is 12.8. The van der Waals surface area contributed by atoms with Gasteiger partial charge in [0.05, 0.1) is 5.52 Å². The minimum Gasteiger partial charge on any atom is -0.413 e. The first kappa shape index (κ1) is 19.9. The molecular formula is C26H23N5O. The summed E-state index contributed by atoms with van der Waals surface area (Å²) in [4.78, 5) is 9.37. The van der Waals surface area contributed by atoms with Gasteiger partial charge in [-0.1, -0.05) is 60.2 Å². The number of anilines is 1. The lowest BCUT2D eigenvalue weighted by molar-refractivity contribution is 0.579. The number of para-hydroxylation sites is 1. The lowest BCUT2D eigenvalue weighted by Gasteiger charge is -2.10. The normalized spacial score (nSPS) is 11.0. The lowest BCUT2D eigenvalue weighted by Crippen LogP contribution is -2.07. The van der Waals surface area contributed by atoms with Crippen LogP contribution in [0.4, 0.5) is 5.82 Å². The molecule has 0 spiro atoms. The van der Waals surface area contributed by atoms with Crippen LogP contribution >= 0.6 is 0 Å². The summed E-state index contributed by atoms with van der Waals surface area (Å²) in [5.74, 6) is 1.95. The molecule has 2 heterocycles. The number of aryl methyl sites for hydroxylation is 2. The van der Waals surface area contributed by atoms with Gasteiger partial charge in [-0.05, 0) is 49.6 Å². The third-order valence-electron chi connectivity index (χ3n) is 5.30. The van der Waals surface area contributed by atoms with E-state index in [-0.39, 0.29) is 0 Å². The van der Waals surface area contributed by atoms with E-state index in [4.69, 9.17) is 9.40 Å². The van der Waals surface area contributed by atoms with E-state index in [2.05, 4.69) is 44.8 Å². The Balaban J connectivity index is 1.39. The van der Waals surface area contributed by atoms with Crippen molar-refractivity contribution in [3.05, 3.63) is 90.0 Å². The zero-order valence-corrected chi connectivity index (χ0v) is 17.8.